The summed E-state index contributed by atoms with van der Waals surface area (Å²) in [5.41, 5.74) is 0. The van der Waals surface area contributed by atoms with E-state index in [-0.39, 0.29) is 18.9 Å². The smallest absolute Gasteiger partial charge is 0.220 e. The zero-order chi connectivity index (χ0) is 33.1. The Morgan fingerprint density at radius 3 is 1.91 bits per heavy atom. The third-order valence-corrected chi connectivity index (χ3v) is 8.57. The third-order valence-electron chi connectivity index (χ3n) is 8.57. The fourth-order valence-electron chi connectivity index (χ4n) is 5.56. The van der Waals surface area contributed by atoms with Crippen LogP contribution in [-0.4, -0.2) is 87.5 Å². The first kappa shape index (κ1) is 41.7. The molecule has 0 aromatic rings. The number of carbonyl (C=O) groups is 1. The van der Waals surface area contributed by atoms with E-state index in [4.69, 9.17) is 9.47 Å². The van der Waals surface area contributed by atoms with Crippen molar-refractivity contribution in [2.75, 3.05) is 13.2 Å². The van der Waals surface area contributed by atoms with Gasteiger partial charge < -0.3 is 40.3 Å². The first-order chi connectivity index (χ1) is 21.8. The predicted molar refractivity (Wildman–Crippen MR) is 180 cm³/mol. The highest BCUT2D eigenvalue weighted by Gasteiger charge is 2.44. The molecule has 0 aromatic carbocycles. The van der Waals surface area contributed by atoms with Crippen LogP contribution in [0.4, 0.5) is 0 Å². The monoisotopic (exact) mass is 641 g/mol. The molecule has 45 heavy (non-hydrogen) atoms. The normalized spacial score (nSPS) is 23.6. The molecule has 7 unspecified atom stereocenters. The van der Waals surface area contributed by atoms with Gasteiger partial charge in [0.1, 0.15) is 24.4 Å². The van der Waals surface area contributed by atoms with Crippen molar-refractivity contribution in [3.63, 3.8) is 0 Å². The minimum atomic E-state index is -1.56. The molecule has 7 atom stereocenters. The van der Waals surface area contributed by atoms with Crippen LogP contribution in [0, 0.1) is 0 Å². The number of hydrogen-bond acceptors (Lipinski definition) is 8. The highest BCUT2D eigenvalue weighted by Crippen LogP contribution is 2.22. The predicted octanol–water partition coefficient (Wildman–Crippen LogP) is 5.60. The molecule has 264 valence electrons. The molecule has 6 N–H and O–H groups in total. The van der Waals surface area contributed by atoms with Crippen molar-refractivity contribution in [1.29, 1.82) is 0 Å². The lowest BCUT2D eigenvalue weighted by atomic mass is 9.99. The Balaban J connectivity index is 2.50. The summed E-state index contributed by atoms with van der Waals surface area (Å²) in [6.07, 6.45) is 22.1. The van der Waals surface area contributed by atoms with E-state index in [9.17, 15) is 30.3 Å². The van der Waals surface area contributed by atoms with Crippen molar-refractivity contribution in [2.24, 2.45) is 0 Å². The fourth-order valence-corrected chi connectivity index (χ4v) is 5.56. The van der Waals surface area contributed by atoms with Gasteiger partial charge in [-0.25, -0.2) is 0 Å². The van der Waals surface area contributed by atoms with Gasteiger partial charge in [-0.2, -0.15) is 0 Å². The first-order valence-corrected chi connectivity index (χ1v) is 18.0. The Morgan fingerprint density at radius 2 is 1.31 bits per heavy atom. The summed E-state index contributed by atoms with van der Waals surface area (Å²) in [6, 6.07) is -0.743. The summed E-state index contributed by atoms with van der Waals surface area (Å²) in [6.45, 7) is 3.72. The van der Waals surface area contributed by atoms with Crippen molar-refractivity contribution in [3.8, 4) is 0 Å². The Hall–Kier alpha value is -1.33. The quantitative estimate of drug-likeness (QED) is 0.0478. The second-order valence-corrected chi connectivity index (χ2v) is 12.7. The SMILES string of the molecule is CCCCCCCC/C=C\C/C=C\CCC(=O)NC(COC1OC(CO)C(O)C(O)C1O)C(O)CCCCCCCCCCC. The number of amides is 1. The van der Waals surface area contributed by atoms with Crippen LogP contribution in [0.25, 0.3) is 0 Å². The molecular weight excluding hydrogens is 574 g/mol. The number of aliphatic hydroxyl groups is 5. The van der Waals surface area contributed by atoms with E-state index in [1.807, 2.05) is 6.08 Å². The molecule has 9 heteroatoms. The summed E-state index contributed by atoms with van der Waals surface area (Å²) >= 11 is 0. The number of hydrogen-bond donors (Lipinski definition) is 6. The van der Waals surface area contributed by atoms with Crippen molar-refractivity contribution >= 4 is 5.91 Å². The average molecular weight is 642 g/mol. The molecule has 1 aliphatic rings. The Morgan fingerprint density at radius 1 is 0.756 bits per heavy atom. The Labute approximate surface area is 273 Å². The van der Waals surface area contributed by atoms with E-state index in [0.29, 0.717) is 12.8 Å². The summed E-state index contributed by atoms with van der Waals surface area (Å²) in [4.78, 5) is 12.8. The van der Waals surface area contributed by atoms with Crippen LogP contribution in [0.2, 0.25) is 0 Å². The molecule has 1 rings (SSSR count). The largest absolute Gasteiger partial charge is 0.394 e. The second kappa shape index (κ2) is 27.8. The van der Waals surface area contributed by atoms with Gasteiger partial charge >= 0.3 is 0 Å². The molecule has 0 saturated carbocycles. The minimum Gasteiger partial charge on any atom is -0.394 e. The maximum atomic E-state index is 12.8. The topological polar surface area (TPSA) is 149 Å². The van der Waals surface area contributed by atoms with Crippen LogP contribution < -0.4 is 5.32 Å². The standard InChI is InChI=1S/C36H67NO8/c1-3-5-7-9-11-13-14-15-16-18-20-22-24-26-32(40)37-29(30(39)25-23-21-19-17-12-10-8-6-4-2)28-44-36-35(43)34(42)33(41)31(27-38)45-36/h15-16,20,22,29-31,33-36,38-39,41-43H,3-14,17-19,21,23-28H2,1-2H3,(H,37,40)/b16-15-,22-20-. The molecule has 0 bridgehead atoms. The maximum absolute atomic E-state index is 12.8. The molecule has 0 radical (unpaired) electrons. The fraction of sp³-hybridized carbons (Fsp3) is 0.861. The average Bonchev–Trinajstić information content (AvgIpc) is 3.04. The van der Waals surface area contributed by atoms with Gasteiger partial charge in [0.25, 0.3) is 0 Å². The number of nitrogens with one attached hydrogen (secondary N) is 1. The number of aliphatic hydroxyl groups excluding tert-OH is 5. The minimum absolute atomic E-state index is 0.160. The van der Waals surface area contributed by atoms with E-state index < -0.39 is 49.5 Å². The molecule has 9 nitrogen and oxygen atoms in total. The third kappa shape index (κ3) is 19.8. The lowest BCUT2D eigenvalue weighted by Crippen LogP contribution is -2.60. The van der Waals surface area contributed by atoms with E-state index in [1.165, 1.54) is 77.0 Å². The first-order valence-electron chi connectivity index (χ1n) is 18.0. The molecule has 1 aliphatic heterocycles. The van der Waals surface area contributed by atoms with Crippen LogP contribution in [0.1, 0.15) is 142 Å². The number of ether oxygens (including phenoxy) is 2. The van der Waals surface area contributed by atoms with E-state index in [2.05, 4.69) is 37.4 Å². The van der Waals surface area contributed by atoms with Crippen LogP contribution in [0.5, 0.6) is 0 Å². The molecule has 1 amide bonds. The molecule has 0 spiro atoms. The second-order valence-electron chi connectivity index (χ2n) is 12.7. The summed E-state index contributed by atoms with van der Waals surface area (Å²) in [7, 11) is 0. The summed E-state index contributed by atoms with van der Waals surface area (Å²) < 4.78 is 11.1. The number of allylic oxidation sites excluding steroid dienone is 4. The molecular formula is C36H67NO8. The van der Waals surface area contributed by atoms with Gasteiger partial charge in [0.2, 0.25) is 5.91 Å². The highest BCUT2D eigenvalue weighted by atomic mass is 16.7. The van der Waals surface area contributed by atoms with E-state index >= 15 is 0 Å². The molecule has 0 aromatic heterocycles. The van der Waals surface area contributed by atoms with Crippen LogP contribution in [0.15, 0.2) is 24.3 Å². The Bertz CT molecular complexity index is 761. The van der Waals surface area contributed by atoms with Gasteiger partial charge in [-0.15, -0.1) is 0 Å². The van der Waals surface area contributed by atoms with Crippen LogP contribution in [0.3, 0.4) is 0 Å². The lowest BCUT2D eigenvalue weighted by molar-refractivity contribution is -0.302. The summed E-state index contributed by atoms with van der Waals surface area (Å²) in [5.74, 6) is -0.216. The molecule has 1 heterocycles. The van der Waals surface area contributed by atoms with Gasteiger partial charge in [-0.05, 0) is 32.1 Å². The van der Waals surface area contributed by atoms with Gasteiger partial charge in [0.15, 0.2) is 6.29 Å². The molecule has 1 fully saturated rings. The van der Waals surface area contributed by atoms with Crippen LogP contribution >= 0.6 is 0 Å². The number of carbonyl (C=O) groups excluding carboxylic acids is 1. The van der Waals surface area contributed by atoms with Crippen molar-refractivity contribution in [2.45, 2.75) is 185 Å². The van der Waals surface area contributed by atoms with E-state index in [1.54, 1.807) is 0 Å². The van der Waals surface area contributed by atoms with Crippen molar-refractivity contribution in [1.82, 2.24) is 5.32 Å². The summed E-state index contributed by atoms with van der Waals surface area (Å²) in [5, 5.41) is 53.8. The van der Waals surface area contributed by atoms with Gasteiger partial charge in [0.05, 0.1) is 25.4 Å². The number of rotatable bonds is 28. The van der Waals surface area contributed by atoms with Gasteiger partial charge in [0, 0.05) is 6.42 Å². The molecule has 0 aliphatic carbocycles. The Kier molecular flexibility index (Phi) is 25.7. The maximum Gasteiger partial charge on any atom is 0.220 e. The highest BCUT2D eigenvalue weighted by molar-refractivity contribution is 5.76. The van der Waals surface area contributed by atoms with Crippen molar-refractivity contribution < 1.29 is 39.8 Å². The van der Waals surface area contributed by atoms with E-state index in [0.717, 1.165) is 32.1 Å². The van der Waals surface area contributed by atoms with Crippen LogP contribution in [-0.2, 0) is 14.3 Å². The zero-order valence-electron chi connectivity index (χ0n) is 28.4. The van der Waals surface area contributed by atoms with Gasteiger partial charge in [-0.3, -0.25) is 4.79 Å². The number of unbranched alkanes of at least 4 members (excludes halogenated alkanes) is 14. The lowest BCUT2D eigenvalue weighted by Gasteiger charge is -2.40. The van der Waals surface area contributed by atoms with Crippen molar-refractivity contribution in [3.05, 3.63) is 24.3 Å². The molecule has 1 saturated heterocycles. The zero-order valence-corrected chi connectivity index (χ0v) is 28.4. The van der Waals surface area contributed by atoms with Gasteiger partial charge in [-0.1, -0.05) is 128 Å².